The van der Waals surface area contributed by atoms with E-state index in [4.69, 9.17) is 5.73 Å². The summed E-state index contributed by atoms with van der Waals surface area (Å²) in [6.45, 7) is 1.98. The van der Waals surface area contributed by atoms with E-state index in [1.807, 2.05) is 43.5 Å². The van der Waals surface area contributed by atoms with Crippen LogP contribution in [0, 0.1) is 6.92 Å². The molecule has 0 saturated heterocycles. The normalized spacial score (nSPS) is 12.4. The minimum Gasteiger partial charge on any atom is -0.324 e. The van der Waals surface area contributed by atoms with Crippen LogP contribution in [-0.2, 0) is 6.42 Å². The molecule has 88 valence electrons. The van der Waals surface area contributed by atoms with Crippen LogP contribution in [0.1, 0.15) is 22.9 Å². The van der Waals surface area contributed by atoms with Gasteiger partial charge >= 0.3 is 0 Å². The third-order valence-corrected chi connectivity index (χ3v) is 3.52. The van der Waals surface area contributed by atoms with Gasteiger partial charge in [-0.15, -0.1) is 0 Å². The quantitative estimate of drug-likeness (QED) is 0.941. The molecule has 1 atom stereocenters. The monoisotopic (exact) mass is 290 g/mol. The van der Waals surface area contributed by atoms with Crippen molar-refractivity contribution in [2.45, 2.75) is 19.4 Å². The fourth-order valence-corrected chi connectivity index (χ4v) is 2.26. The number of pyridine rings is 1. The Morgan fingerprint density at radius 3 is 2.76 bits per heavy atom. The van der Waals surface area contributed by atoms with E-state index in [0.29, 0.717) is 0 Å². The minimum absolute atomic E-state index is 0.00963. The zero-order valence-electron chi connectivity index (χ0n) is 9.73. The number of nitrogens with zero attached hydrogens (tertiary/aromatic N) is 1. The van der Waals surface area contributed by atoms with E-state index in [-0.39, 0.29) is 6.04 Å². The molecule has 3 heteroatoms. The zero-order chi connectivity index (χ0) is 12.3. The number of aromatic nitrogens is 1. The molecule has 0 radical (unpaired) electrons. The highest BCUT2D eigenvalue weighted by Crippen LogP contribution is 2.22. The van der Waals surface area contributed by atoms with E-state index < -0.39 is 0 Å². The van der Waals surface area contributed by atoms with Gasteiger partial charge < -0.3 is 5.73 Å². The first-order valence-electron chi connectivity index (χ1n) is 5.58. The van der Waals surface area contributed by atoms with Crippen molar-refractivity contribution in [2.24, 2.45) is 5.73 Å². The Labute approximate surface area is 110 Å². The summed E-state index contributed by atoms with van der Waals surface area (Å²) in [5.74, 6) is 0. The summed E-state index contributed by atoms with van der Waals surface area (Å²) in [5, 5.41) is 0. The van der Waals surface area contributed by atoms with Crippen molar-refractivity contribution in [2.75, 3.05) is 0 Å². The van der Waals surface area contributed by atoms with Gasteiger partial charge in [0.2, 0.25) is 0 Å². The van der Waals surface area contributed by atoms with Crippen LogP contribution in [0.15, 0.2) is 47.1 Å². The van der Waals surface area contributed by atoms with Gasteiger partial charge in [0.1, 0.15) is 0 Å². The Kier molecular flexibility index (Phi) is 3.92. The standard InChI is InChI=1S/C14H15BrN2/c1-10-8-12(6-7-17-10)14(16)9-11-4-2-3-5-13(11)15/h2-8,14H,9,16H2,1H3. The van der Waals surface area contributed by atoms with Gasteiger partial charge in [-0.1, -0.05) is 34.1 Å². The molecule has 1 aromatic carbocycles. The summed E-state index contributed by atoms with van der Waals surface area (Å²) in [7, 11) is 0. The molecule has 0 fully saturated rings. The maximum Gasteiger partial charge on any atom is 0.0375 e. The molecule has 0 aliphatic carbocycles. The molecule has 0 aliphatic rings. The van der Waals surface area contributed by atoms with Crippen molar-refractivity contribution >= 4 is 15.9 Å². The molecule has 0 aliphatic heterocycles. The molecule has 1 heterocycles. The van der Waals surface area contributed by atoms with Crippen LogP contribution in [0.2, 0.25) is 0 Å². The Hall–Kier alpha value is -1.19. The molecular formula is C14H15BrN2. The third kappa shape index (κ3) is 3.14. The Morgan fingerprint density at radius 1 is 1.29 bits per heavy atom. The van der Waals surface area contributed by atoms with Crippen molar-refractivity contribution in [3.8, 4) is 0 Å². The summed E-state index contributed by atoms with van der Waals surface area (Å²) in [4.78, 5) is 4.18. The minimum atomic E-state index is 0.00963. The molecule has 0 spiro atoms. The number of halogens is 1. The molecule has 2 rings (SSSR count). The Morgan fingerprint density at radius 2 is 2.06 bits per heavy atom. The van der Waals surface area contributed by atoms with Crippen LogP contribution >= 0.6 is 15.9 Å². The van der Waals surface area contributed by atoms with Crippen LogP contribution in [0.4, 0.5) is 0 Å². The smallest absolute Gasteiger partial charge is 0.0375 e. The molecule has 2 N–H and O–H groups in total. The highest BCUT2D eigenvalue weighted by Gasteiger charge is 2.09. The average Bonchev–Trinajstić information content (AvgIpc) is 2.32. The third-order valence-electron chi connectivity index (χ3n) is 2.75. The van der Waals surface area contributed by atoms with Crippen molar-refractivity contribution < 1.29 is 0 Å². The summed E-state index contributed by atoms with van der Waals surface area (Å²) < 4.78 is 1.11. The topological polar surface area (TPSA) is 38.9 Å². The summed E-state index contributed by atoms with van der Waals surface area (Å²) in [5.41, 5.74) is 9.58. The second kappa shape index (κ2) is 5.43. The van der Waals surface area contributed by atoms with E-state index in [0.717, 1.165) is 22.2 Å². The lowest BCUT2D eigenvalue weighted by Gasteiger charge is -2.13. The van der Waals surface area contributed by atoms with Gasteiger partial charge in [-0.25, -0.2) is 0 Å². The van der Waals surface area contributed by atoms with E-state index in [1.54, 1.807) is 0 Å². The van der Waals surface area contributed by atoms with Gasteiger partial charge in [-0.05, 0) is 42.7 Å². The van der Waals surface area contributed by atoms with Gasteiger partial charge in [0.25, 0.3) is 0 Å². The van der Waals surface area contributed by atoms with E-state index in [2.05, 4.69) is 27.0 Å². The number of rotatable bonds is 3. The fourth-order valence-electron chi connectivity index (χ4n) is 1.82. The summed E-state index contributed by atoms with van der Waals surface area (Å²) in [6, 6.07) is 12.2. The predicted octanol–water partition coefficient (Wildman–Crippen LogP) is 3.40. The average molecular weight is 291 g/mol. The molecule has 0 bridgehead atoms. The van der Waals surface area contributed by atoms with E-state index in [9.17, 15) is 0 Å². The fraction of sp³-hybridized carbons (Fsp3) is 0.214. The SMILES string of the molecule is Cc1cc(C(N)Cc2ccccc2Br)ccn1. The molecule has 2 aromatic rings. The molecule has 0 amide bonds. The second-order valence-electron chi connectivity index (χ2n) is 4.13. The largest absolute Gasteiger partial charge is 0.324 e. The highest BCUT2D eigenvalue weighted by molar-refractivity contribution is 9.10. The molecule has 1 aromatic heterocycles. The molecular weight excluding hydrogens is 276 g/mol. The second-order valence-corrected chi connectivity index (χ2v) is 4.99. The molecule has 0 saturated carbocycles. The van der Waals surface area contributed by atoms with Crippen LogP contribution in [-0.4, -0.2) is 4.98 Å². The van der Waals surface area contributed by atoms with Crippen molar-refractivity contribution in [1.82, 2.24) is 4.98 Å². The first-order valence-corrected chi connectivity index (χ1v) is 6.37. The van der Waals surface area contributed by atoms with E-state index >= 15 is 0 Å². The lowest BCUT2D eigenvalue weighted by Crippen LogP contribution is -2.14. The van der Waals surface area contributed by atoms with Gasteiger partial charge in [0, 0.05) is 22.4 Å². The van der Waals surface area contributed by atoms with E-state index in [1.165, 1.54) is 5.56 Å². The molecule has 2 nitrogen and oxygen atoms in total. The van der Waals surface area contributed by atoms with Gasteiger partial charge in [-0.2, -0.15) is 0 Å². The zero-order valence-corrected chi connectivity index (χ0v) is 11.3. The van der Waals surface area contributed by atoms with Gasteiger partial charge in [0.15, 0.2) is 0 Å². The number of benzene rings is 1. The predicted molar refractivity (Wildman–Crippen MR) is 73.7 cm³/mol. The first kappa shape index (κ1) is 12.3. The number of aryl methyl sites for hydroxylation is 1. The number of hydrogen-bond acceptors (Lipinski definition) is 2. The van der Waals surface area contributed by atoms with Crippen LogP contribution in [0.3, 0.4) is 0 Å². The maximum absolute atomic E-state index is 6.22. The molecule has 1 unspecified atom stereocenters. The number of nitrogens with two attached hydrogens (primary N) is 1. The Balaban J connectivity index is 2.17. The summed E-state index contributed by atoms with van der Waals surface area (Å²) >= 11 is 3.54. The Bertz CT molecular complexity index is 511. The lowest BCUT2D eigenvalue weighted by molar-refractivity contribution is 0.717. The van der Waals surface area contributed by atoms with Gasteiger partial charge in [-0.3, -0.25) is 4.98 Å². The maximum atomic E-state index is 6.22. The number of hydrogen-bond donors (Lipinski definition) is 1. The lowest BCUT2D eigenvalue weighted by atomic mass is 10.00. The van der Waals surface area contributed by atoms with Crippen LogP contribution < -0.4 is 5.73 Å². The molecule has 17 heavy (non-hydrogen) atoms. The van der Waals surface area contributed by atoms with Crippen LogP contribution in [0.25, 0.3) is 0 Å². The van der Waals surface area contributed by atoms with Gasteiger partial charge in [0.05, 0.1) is 0 Å². The first-order chi connectivity index (χ1) is 8.16. The van der Waals surface area contributed by atoms with Crippen LogP contribution in [0.5, 0.6) is 0 Å². The van der Waals surface area contributed by atoms with Crippen molar-refractivity contribution in [3.05, 3.63) is 63.9 Å². The van der Waals surface area contributed by atoms with Crippen molar-refractivity contribution in [3.63, 3.8) is 0 Å². The highest BCUT2D eigenvalue weighted by atomic mass is 79.9. The van der Waals surface area contributed by atoms with Crippen molar-refractivity contribution in [1.29, 1.82) is 0 Å². The summed E-state index contributed by atoms with van der Waals surface area (Å²) in [6.07, 6.45) is 2.63.